The topological polar surface area (TPSA) is 66.9 Å². The van der Waals surface area contributed by atoms with Gasteiger partial charge >= 0.3 is 0 Å². The van der Waals surface area contributed by atoms with Crippen LogP contribution in [0.25, 0.3) is 0 Å². The van der Waals surface area contributed by atoms with Crippen molar-refractivity contribution in [3.8, 4) is 0 Å². The van der Waals surface area contributed by atoms with Gasteiger partial charge in [0.05, 0.1) is 12.2 Å². The van der Waals surface area contributed by atoms with Crippen LogP contribution in [-0.4, -0.2) is 22.4 Å². The number of nitrogens with zero attached hydrogens (tertiary/aromatic N) is 2. The van der Waals surface area contributed by atoms with E-state index < -0.39 is 0 Å². The molecule has 22 heavy (non-hydrogen) atoms. The van der Waals surface area contributed by atoms with E-state index in [1.54, 1.807) is 18.5 Å². The maximum Gasteiger partial charge on any atom is 0.269 e. The van der Waals surface area contributed by atoms with Crippen LogP contribution >= 0.6 is 0 Å². The largest absolute Gasteiger partial charge is 0.379 e. The average molecular weight is 298 g/mol. The minimum Gasteiger partial charge on any atom is -0.379 e. The van der Waals surface area contributed by atoms with E-state index in [0.29, 0.717) is 24.7 Å². The number of carbonyl (C=O) groups excluding carboxylic acids is 1. The lowest BCUT2D eigenvalue weighted by Gasteiger charge is -2.09. The zero-order chi connectivity index (χ0) is 15.8. The summed E-state index contributed by atoms with van der Waals surface area (Å²) >= 11 is 0. The Morgan fingerprint density at radius 1 is 1.18 bits per heavy atom. The van der Waals surface area contributed by atoms with E-state index in [2.05, 4.69) is 34.4 Å². The molecule has 2 aromatic rings. The van der Waals surface area contributed by atoms with Crippen LogP contribution in [0.3, 0.4) is 0 Å². The second-order valence-electron chi connectivity index (χ2n) is 5.54. The number of anilines is 1. The third kappa shape index (κ3) is 5.16. The van der Waals surface area contributed by atoms with Gasteiger partial charge in [-0.3, -0.25) is 14.8 Å². The minimum absolute atomic E-state index is 0.137. The minimum atomic E-state index is -0.137. The molecule has 2 N–H and O–H groups in total. The summed E-state index contributed by atoms with van der Waals surface area (Å²) in [6.07, 6.45) is 4.36. The molecule has 0 spiro atoms. The highest BCUT2D eigenvalue weighted by atomic mass is 16.1. The number of hydrogen-bond donors (Lipinski definition) is 2. The summed E-state index contributed by atoms with van der Waals surface area (Å²) in [6, 6.07) is 9.38. The number of carbonyl (C=O) groups is 1. The van der Waals surface area contributed by atoms with E-state index in [-0.39, 0.29) is 5.91 Å². The first kappa shape index (κ1) is 15.9. The second kappa shape index (κ2) is 8.12. The van der Waals surface area contributed by atoms with Gasteiger partial charge in [0.1, 0.15) is 5.69 Å². The molecule has 5 heteroatoms. The predicted octanol–water partition coefficient (Wildman–Crippen LogP) is 2.86. The van der Waals surface area contributed by atoms with Crippen LogP contribution in [0.5, 0.6) is 0 Å². The third-order valence-corrected chi connectivity index (χ3v) is 3.20. The van der Waals surface area contributed by atoms with Crippen molar-refractivity contribution < 1.29 is 4.79 Å². The highest BCUT2D eigenvalue weighted by Gasteiger charge is 2.07. The van der Waals surface area contributed by atoms with Gasteiger partial charge < -0.3 is 10.6 Å². The number of hydrogen-bond acceptors (Lipinski definition) is 4. The van der Waals surface area contributed by atoms with Crippen molar-refractivity contribution in [1.29, 1.82) is 0 Å². The Balaban J connectivity index is 1.90. The van der Waals surface area contributed by atoms with Crippen molar-refractivity contribution in [2.45, 2.75) is 26.8 Å². The fourth-order valence-electron chi connectivity index (χ4n) is 1.92. The van der Waals surface area contributed by atoms with Crippen LogP contribution in [0.1, 0.15) is 36.5 Å². The molecule has 5 nitrogen and oxygen atoms in total. The van der Waals surface area contributed by atoms with Crippen molar-refractivity contribution in [3.05, 3.63) is 54.1 Å². The highest BCUT2D eigenvalue weighted by molar-refractivity contribution is 5.93. The number of aromatic nitrogens is 2. The van der Waals surface area contributed by atoms with Crippen LogP contribution in [0.2, 0.25) is 0 Å². The summed E-state index contributed by atoms with van der Waals surface area (Å²) in [5.74, 6) is 0.432. The van der Waals surface area contributed by atoms with E-state index in [0.717, 1.165) is 17.8 Å². The van der Waals surface area contributed by atoms with Crippen molar-refractivity contribution in [2.75, 3.05) is 11.9 Å². The fraction of sp³-hybridized carbons (Fsp3) is 0.353. The average Bonchev–Trinajstić information content (AvgIpc) is 2.54. The second-order valence-corrected chi connectivity index (χ2v) is 5.54. The lowest BCUT2D eigenvalue weighted by Crippen LogP contribution is -2.26. The summed E-state index contributed by atoms with van der Waals surface area (Å²) in [6.45, 7) is 5.54. The third-order valence-electron chi connectivity index (χ3n) is 3.20. The van der Waals surface area contributed by atoms with Crippen LogP contribution in [-0.2, 0) is 6.54 Å². The molecule has 2 aromatic heterocycles. The Bertz CT molecular complexity index is 599. The molecule has 2 heterocycles. The molecule has 1 amide bonds. The molecular weight excluding hydrogens is 276 g/mol. The number of rotatable bonds is 7. The lowest BCUT2D eigenvalue weighted by atomic mass is 10.1. The van der Waals surface area contributed by atoms with E-state index in [9.17, 15) is 4.79 Å². The van der Waals surface area contributed by atoms with Gasteiger partial charge in [0.15, 0.2) is 0 Å². The van der Waals surface area contributed by atoms with Gasteiger partial charge in [-0.2, -0.15) is 0 Å². The first-order valence-electron chi connectivity index (χ1n) is 7.53. The number of amides is 1. The number of pyridine rings is 2. The standard InChI is InChI=1S/C17H22N4O/c1-13(2)6-9-20-17(22)16-11-14(7-10-19-16)21-12-15-5-3-4-8-18-15/h3-5,7-8,10-11,13H,6,9,12H2,1-2H3,(H,19,21)(H,20,22). The van der Waals surface area contributed by atoms with Crippen molar-refractivity contribution in [3.63, 3.8) is 0 Å². The van der Waals surface area contributed by atoms with E-state index in [1.807, 2.05) is 24.3 Å². The molecule has 0 saturated heterocycles. The SMILES string of the molecule is CC(C)CCNC(=O)c1cc(NCc2ccccn2)ccn1. The Labute approximate surface area is 131 Å². The van der Waals surface area contributed by atoms with E-state index in [1.165, 1.54) is 0 Å². The molecule has 0 radical (unpaired) electrons. The highest BCUT2D eigenvalue weighted by Crippen LogP contribution is 2.09. The maximum atomic E-state index is 12.0. The molecule has 0 atom stereocenters. The molecular formula is C17H22N4O. The molecule has 0 unspecified atom stereocenters. The van der Waals surface area contributed by atoms with Gasteiger partial charge in [-0.05, 0) is 36.6 Å². The zero-order valence-corrected chi connectivity index (χ0v) is 13.0. The first-order valence-corrected chi connectivity index (χ1v) is 7.53. The summed E-state index contributed by atoms with van der Waals surface area (Å²) in [4.78, 5) is 20.4. The Morgan fingerprint density at radius 3 is 2.77 bits per heavy atom. The summed E-state index contributed by atoms with van der Waals surface area (Å²) in [5.41, 5.74) is 2.23. The van der Waals surface area contributed by atoms with Gasteiger partial charge in [-0.1, -0.05) is 19.9 Å². The van der Waals surface area contributed by atoms with Gasteiger partial charge in [-0.15, -0.1) is 0 Å². The van der Waals surface area contributed by atoms with Gasteiger partial charge in [0.25, 0.3) is 5.91 Å². The fourth-order valence-corrected chi connectivity index (χ4v) is 1.92. The van der Waals surface area contributed by atoms with Gasteiger partial charge in [0.2, 0.25) is 0 Å². The predicted molar refractivity (Wildman–Crippen MR) is 87.6 cm³/mol. The van der Waals surface area contributed by atoms with Crippen LogP contribution in [0.15, 0.2) is 42.7 Å². The molecule has 0 saturated carbocycles. The summed E-state index contributed by atoms with van der Waals surface area (Å²) in [5, 5.41) is 6.14. The smallest absolute Gasteiger partial charge is 0.269 e. The molecule has 0 bridgehead atoms. The van der Waals surface area contributed by atoms with Crippen LogP contribution in [0, 0.1) is 5.92 Å². The molecule has 116 valence electrons. The normalized spacial score (nSPS) is 10.5. The summed E-state index contributed by atoms with van der Waals surface area (Å²) < 4.78 is 0. The first-order chi connectivity index (χ1) is 10.6. The molecule has 0 fully saturated rings. The Morgan fingerprint density at radius 2 is 2.05 bits per heavy atom. The zero-order valence-electron chi connectivity index (χ0n) is 13.0. The quantitative estimate of drug-likeness (QED) is 0.825. The van der Waals surface area contributed by atoms with Crippen molar-refractivity contribution in [2.24, 2.45) is 5.92 Å². The Kier molecular flexibility index (Phi) is 5.89. The molecule has 2 rings (SSSR count). The van der Waals surface area contributed by atoms with E-state index >= 15 is 0 Å². The Hall–Kier alpha value is -2.43. The molecule has 0 aliphatic carbocycles. The van der Waals surface area contributed by atoms with Crippen LogP contribution in [0.4, 0.5) is 5.69 Å². The maximum absolute atomic E-state index is 12.0. The number of nitrogens with one attached hydrogen (secondary N) is 2. The van der Waals surface area contributed by atoms with Crippen molar-refractivity contribution in [1.82, 2.24) is 15.3 Å². The molecule has 0 aromatic carbocycles. The lowest BCUT2D eigenvalue weighted by molar-refractivity contribution is 0.0947. The molecule has 0 aliphatic heterocycles. The van der Waals surface area contributed by atoms with Crippen LogP contribution < -0.4 is 10.6 Å². The van der Waals surface area contributed by atoms with Crippen molar-refractivity contribution >= 4 is 11.6 Å². The van der Waals surface area contributed by atoms with E-state index in [4.69, 9.17) is 0 Å². The molecule has 0 aliphatic rings. The van der Waals surface area contributed by atoms with Gasteiger partial charge in [-0.25, -0.2) is 0 Å². The van der Waals surface area contributed by atoms with Gasteiger partial charge in [0, 0.05) is 24.6 Å². The summed E-state index contributed by atoms with van der Waals surface area (Å²) in [7, 11) is 0. The monoisotopic (exact) mass is 298 g/mol.